The number of urea groups is 1. The highest BCUT2D eigenvalue weighted by molar-refractivity contribution is 7.15. The van der Waals surface area contributed by atoms with Crippen LogP contribution < -0.4 is 10.6 Å². The lowest BCUT2D eigenvalue weighted by Gasteiger charge is -2.37. The van der Waals surface area contributed by atoms with E-state index in [4.69, 9.17) is 0 Å². The van der Waals surface area contributed by atoms with Gasteiger partial charge in [-0.05, 0) is 39.0 Å². The summed E-state index contributed by atoms with van der Waals surface area (Å²) in [6, 6.07) is -0.0624. The van der Waals surface area contributed by atoms with Gasteiger partial charge in [0, 0.05) is 25.0 Å². The third-order valence-corrected chi connectivity index (χ3v) is 5.93. The summed E-state index contributed by atoms with van der Waals surface area (Å²) >= 11 is 1.46. The van der Waals surface area contributed by atoms with E-state index >= 15 is 0 Å². The Morgan fingerprint density at radius 1 is 1.24 bits per heavy atom. The van der Waals surface area contributed by atoms with Crippen LogP contribution in [0.1, 0.15) is 63.3 Å². The molecule has 1 saturated carbocycles. The second-order valence-corrected chi connectivity index (χ2v) is 8.08. The number of hydrogen-bond donors (Lipinski definition) is 2. The highest BCUT2D eigenvalue weighted by atomic mass is 32.1. The molecule has 1 aliphatic carbocycles. The Morgan fingerprint density at radius 3 is 2.76 bits per heavy atom. The van der Waals surface area contributed by atoms with Gasteiger partial charge in [-0.3, -0.25) is 10.1 Å². The Balaban J connectivity index is 1.54. The fourth-order valence-corrected chi connectivity index (χ4v) is 3.98. The molecule has 1 aromatic rings. The predicted octanol–water partition coefficient (Wildman–Crippen LogP) is 2.96. The van der Waals surface area contributed by atoms with Gasteiger partial charge in [0.15, 0.2) is 0 Å². The van der Waals surface area contributed by atoms with Gasteiger partial charge in [0.1, 0.15) is 5.01 Å². The summed E-state index contributed by atoms with van der Waals surface area (Å²) in [4.78, 5) is 26.7. The zero-order valence-electron chi connectivity index (χ0n) is 15.0. The lowest BCUT2D eigenvalue weighted by molar-refractivity contribution is -0.126. The molecular weight excluding hydrogens is 338 g/mol. The highest BCUT2D eigenvalue weighted by Gasteiger charge is 2.33. The predicted molar refractivity (Wildman–Crippen MR) is 97.7 cm³/mol. The van der Waals surface area contributed by atoms with Crippen molar-refractivity contribution in [3.05, 3.63) is 5.01 Å². The van der Waals surface area contributed by atoms with E-state index in [-0.39, 0.29) is 23.9 Å². The fraction of sp³-hybridized carbons (Fsp3) is 0.765. The number of unbranched alkanes of at least 4 members (excludes halogenated alkanes) is 1. The Hall–Kier alpha value is -1.70. The van der Waals surface area contributed by atoms with Crippen molar-refractivity contribution in [2.75, 3.05) is 18.4 Å². The number of carbonyl (C=O) groups excluding carboxylic acids is 2. The van der Waals surface area contributed by atoms with Crippen LogP contribution in [0, 0.1) is 5.92 Å². The van der Waals surface area contributed by atoms with E-state index in [2.05, 4.69) is 27.8 Å². The van der Waals surface area contributed by atoms with Gasteiger partial charge in [-0.25, -0.2) is 4.79 Å². The zero-order valence-corrected chi connectivity index (χ0v) is 15.8. The SMILES string of the molecule is CCCCNC(=O)[C@@H]1CC[C@@H](C)N(C(=O)Nc2nnc(C3CC3)s2)C1. The zero-order chi connectivity index (χ0) is 17.8. The van der Waals surface area contributed by atoms with Gasteiger partial charge < -0.3 is 10.2 Å². The smallest absolute Gasteiger partial charge is 0.323 e. The topological polar surface area (TPSA) is 87.2 Å². The van der Waals surface area contributed by atoms with Gasteiger partial charge in [0.2, 0.25) is 11.0 Å². The van der Waals surface area contributed by atoms with Crippen LogP contribution in [-0.4, -0.2) is 46.2 Å². The number of amides is 3. The van der Waals surface area contributed by atoms with Gasteiger partial charge in [-0.15, -0.1) is 10.2 Å². The third-order valence-electron chi connectivity index (χ3n) is 4.92. The maximum absolute atomic E-state index is 12.6. The van der Waals surface area contributed by atoms with Gasteiger partial charge in [-0.2, -0.15) is 0 Å². The first-order chi connectivity index (χ1) is 12.1. The van der Waals surface area contributed by atoms with E-state index in [0.717, 1.165) is 30.7 Å². The molecule has 25 heavy (non-hydrogen) atoms. The quantitative estimate of drug-likeness (QED) is 0.759. The molecule has 0 bridgehead atoms. The first-order valence-electron chi connectivity index (χ1n) is 9.27. The highest BCUT2D eigenvalue weighted by Crippen LogP contribution is 2.42. The molecule has 2 fully saturated rings. The van der Waals surface area contributed by atoms with Crippen LogP contribution in [-0.2, 0) is 4.79 Å². The number of likely N-dealkylation sites (tertiary alicyclic amines) is 1. The summed E-state index contributed by atoms with van der Waals surface area (Å²) in [5, 5.41) is 15.6. The van der Waals surface area contributed by atoms with E-state index < -0.39 is 0 Å². The van der Waals surface area contributed by atoms with E-state index in [1.807, 2.05) is 6.92 Å². The summed E-state index contributed by atoms with van der Waals surface area (Å²) in [5.41, 5.74) is 0. The minimum atomic E-state index is -0.183. The summed E-state index contributed by atoms with van der Waals surface area (Å²) in [6.07, 6.45) is 6.04. The second-order valence-electron chi connectivity index (χ2n) is 7.07. The molecule has 3 amide bonds. The number of piperidine rings is 1. The number of hydrogen-bond acceptors (Lipinski definition) is 5. The van der Waals surface area contributed by atoms with Crippen LogP contribution in [0.2, 0.25) is 0 Å². The molecule has 7 nitrogen and oxygen atoms in total. The number of rotatable bonds is 6. The molecule has 2 N–H and O–H groups in total. The first-order valence-corrected chi connectivity index (χ1v) is 10.1. The van der Waals surface area contributed by atoms with E-state index in [1.54, 1.807) is 4.90 Å². The molecule has 1 aliphatic heterocycles. The maximum atomic E-state index is 12.6. The van der Waals surface area contributed by atoms with Gasteiger partial charge in [0.25, 0.3) is 0 Å². The molecular formula is C17H27N5O2S. The Kier molecular flexibility index (Phi) is 5.88. The van der Waals surface area contributed by atoms with Crippen LogP contribution in [0.25, 0.3) is 0 Å². The van der Waals surface area contributed by atoms with Crippen molar-refractivity contribution in [1.82, 2.24) is 20.4 Å². The summed E-state index contributed by atoms with van der Waals surface area (Å²) in [7, 11) is 0. The molecule has 0 spiro atoms. The molecule has 1 saturated heterocycles. The Labute approximate surface area is 152 Å². The molecule has 8 heteroatoms. The normalized spacial score (nSPS) is 23.4. The lowest BCUT2D eigenvalue weighted by Crippen LogP contribution is -2.50. The fourth-order valence-electron chi connectivity index (χ4n) is 3.08. The molecule has 3 rings (SSSR count). The van der Waals surface area contributed by atoms with Crippen LogP contribution in [0.15, 0.2) is 0 Å². The molecule has 0 aromatic carbocycles. The van der Waals surface area contributed by atoms with Crippen LogP contribution in [0.3, 0.4) is 0 Å². The van der Waals surface area contributed by atoms with Crippen molar-refractivity contribution < 1.29 is 9.59 Å². The monoisotopic (exact) mass is 365 g/mol. The van der Waals surface area contributed by atoms with Crippen molar-refractivity contribution in [2.45, 2.75) is 64.3 Å². The van der Waals surface area contributed by atoms with Gasteiger partial charge in [-0.1, -0.05) is 24.7 Å². The van der Waals surface area contributed by atoms with E-state index in [9.17, 15) is 9.59 Å². The molecule has 0 radical (unpaired) electrons. The number of anilines is 1. The molecule has 2 aliphatic rings. The minimum Gasteiger partial charge on any atom is -0.356 e. The average molecular weight is 366 g/mol. The van der Waals surface area contributed by atoms with Crippen LogP contribution >= 0.6 is 11.3 Å². The Morgan fingerprint density at radius 2 is 2.04 bits per heavy atom. The minimum absolute atomic E-state index is 0.0603. The third kappa shape index (κ3) is 4.68. The molecule has 2 atom stereocenters. The molecule has 1 aromatic heterocycles. The average Bonchev–Trinajstić information content (AvgIpc) is 3.35. The summed E-state index contributed by atoms with van der Waals surface area (Å²) in [5.74, 6) is 0.466. The van der Waals surface area contributed by atoms with Crippen molar-refractivity contribution in [3.8, 4) is 0 Å². The lowest BCUT2D eigenvalue weighted by atomic mass is 9.93. The van der Waals surface area contributed by atoms with Gasteiger partial charge in [0.05, 0.1) is 5.92 Å². The second kappa shape index (κ2) is 8.12. The first kappa shape index (κ1) is 18.1. The van der Waals surface area contributed by atoms with E-state index in [0.29, 0.717) is 24.1 Å². The maximum Gasteiger partial charge on any atom is 0.323 e. The van der Waals surface area contributed by atoms with Crippen molar-refractivity contribution in [1.29, 1.82) is 0 Å². The van der Waals surface area contributed by atoms with Crippen molar-refractivity contribution in [3.63, 3.8) is 0 Å². The number of nitrogens with zero attached hydrogens (tertiary/aromatic N) is 3. The van der Waals surface area contributed by atoms with Crippen LogP contribution in [0.4, 0.5) is 9.93 Å². The Bertz CT molecular complexity index is 616. The molecule has 2 heterocycles. The summed E-state index contributed by atoms with van der Waals surface area (Å²) in [6.45, 7) is 5.30. The van der Waals surface area contributed by atoms with Gasteiger partial charge >= 0.3 is 6.03 Å². The van der Waals surface area contributed by atoms with Crippen molar-refractivity contribution >= 4 is 28.4 Å². The number of nitrogens with one attached hydrogen (secondary N) is 2. The number of carbonyl (C=O) groups is 2. The molecule has 0 unspecified atom stereocenters. The van der Waals surface area contributed by atoms with E-state index in [1.165, 1.54) is 24.2 Å². The molecule has 138 valence electrons. The van der Waals surface area contributed by atoms with Crippen molar-refractivity contribution in [2.24, 2.45) is 5.92 Å². The largest absolute Gasteiger partial charge is 0.356 e. The standard InChI is InChI=1S/C17H27N5O2S/c1-3-4-9-18-14(23)13-6-5-11(2)22(10-13)17(24)19-16-21-20-15(25-16)12-7-8-12/h11-13H,3-10H2,1-2H3,(H,18,23)(H,19,21,24)/t11-,13-/m1/s1. The summed E-state index contributed by atoms with van der Waals surface area (Å²) < 4.78 is 0. The van der Waals surface area contributed by atoms with Crippen LogP contribution in [0.5, 0.6) is 0 Å². The number of aromatic nitrogens is 2.